The average Bonchev–Trinajstić information content (AvgIpc) is 2.75. The van der Waals surface area contributed by atoms with Gasteiger partial charge < -0.3 is 0 Å². The molecule has 149 valence electrons. The Labute approximate surface area is 180 Å². The van der Waals surface area contributed by atoms with Crippen LogP contribution in [-0.4, -0.2) is 33.9 Å². The fourth-order valence-electron chi connectivity index (χ4n) is 3.94. The van der Waals surface area contributed by atoms with Gasteiger partial charge in [-0.05, 0) is 0 Å². The molecule has 0 fully saturated rings. The molecule has 0 aliphatic rings. The summed E-state index contributed by atoms with van der Waals surface area (Å²) in [6.45, 7) is 8.82. The van der Waals surface area contributed by atoms with Gasteiger partial charge in [0, 0.05) is 0 Å². The molecule has 3 aromatic carbocycles. The Bertz CT molecular complexity index is 793. The van der Waals surface area contributed by atoms with Gasteiger partial charge in [-0.3, -0.25) is 0 Å². The molecule has 2 nitrogen and oxygen atoms in total. The van der Waals surface area contributed by atoms with Gasteiger partial charge in [0.15, 0.2) is 0 Å². The maximum absolute atomic E-state index is 4.65. The topological polar surface area (TPSA) is 17.3 Å². The van der Waals surface area contributed by atoms with E-state index in [0.29, 0.717) is 6.04 Å². The van der Waals surface area contributed by atoms with E-state index in [1.165, 1.54) is 10.7 Å². The fourth-order valence-corrected chi connectivity index (χ4v) is 18.2. The molecular formula is C26H31N2Sn. The van der Waals surface area contributed by atoms with Crippen LogP contribution in [0.15, 0.2) is 103 Å². The van der Waals surface area contributed by atoms with Gasteiger partial charge in [0.25, 0.3) is 0 Å². The van der Waals surface area contributed by atoms with Gasteiger partial charge in [0.05, 0.1) is 0 Å². The zero-order chi connectivity index (χ0) is 20.7. The second-order valence-corrected chi connectivity index (χ2v) is 18.3. The molecule has 0 saturated heterocycles. The Balaban J connectivity index is 2.33. The molecule has 0 aromatic heterocycles. The van der Waals surface area contributed by atoms with Crippen LogP contribution in [0.25, 0.3) is 0 Å². The minimum atomic E-state index is -3.55. The summed E-state index contributed by atoms with van der Waals surface area (Å²) in [7, 11) is 0. The van der Waals surface area contributed by atoms with Gasteiger partial charge >= 0.3 is 181 Å². The number of nitrogens with zero attached hydrogens (tertiary/aromatic N) is 2. The Hall–Kier alpha value is -2.20. The molecule has 0 heterocycles. The van der Waals surface area contributed by atoms with Crippen LogP contribution in [0.4, 0.5) is 0 Å². The van der Waals surface area contributed by atoms with Crippen LogP contribution in [0, 0.1) is 0 Å². The third-order valence-electron chi connectivity index (χ3n) is 5.13. The molecule has 0 amide bonds. The Morgan fingerprint density at radius 3 is 1.34 bits per heavy atom. The molecule has 0 bridgehead atoms. The van der Waals surface area contributed by atoms with Crippen LogP contribution in [-0.2, 0) is 0 Å². The maximum atomic E-state index is 4.65. The molecule has 29 heavy (non-hydrogen) atoms. The predicted molar refractivity (Wildman–Crippen MR) is 127 cm³/mol. The van der Waals surface area contributed by atoms with Crippen LogP contribution in [0.1, 0.15) is 27.7 Å². The molecule has 0 spiro atoms. The summed E-state index contributed by atoms with van der Waals surface area (Å²) >= 11 is -3.55. The van der Waals surface area contributed by atoms with Crippen LogP contribution in [0.5, 0.6) is 0 Å². The molecule has 0 atom stereocenters. The Kier molecular flexibility index (Phi) is 7.43. The molecule has 3 heteroatoms. The summed E-state index contributed by atoms with van der Waals surface area (Å²) in [4.78, 5) is 0. The molecular weight excluding hydrogens is 459 g/mol. The first-order valence-corrected chi connectivity index (χ1v) is 15.9. The first-order chi connectivity index (χ1) is 14.1. The fraction of sp³-hybridized carbons (Fsp3) is 0.231. The van der Waals surface area contributed by atoms with E-state index < -0.39 is 18.7 Å². The number of hydrogen-bond acceptors (Lipinski definition) is 1. The van der Waals surface area contributed by atoms with Crippen molar-refractivity contribution in [2.24, 2.45) is 0 Å². The van der Waals surface area contributed by atoms with Gasteiger partial charge in [-0.25, -0.2) is 0 Å². The molecule has 1 radical (unpaired) electrons. The van der Waals surface area contributed by atoms with Crippen molar-refractivity contribution in [1.82, 2.24) is 8.44 Å². The van der Waals surface area contributed by atoms with Crippen molar-refractivity contribution in [2.75, 3.05) is 0 Å². The van der Waals surface area contributed by atoms with Crippen molar-refractivity contribution in [3.63, 3.8) is 0 Å². The molecule has 0 aliphatic carbocycles. The molecule has 3 rings (SSSR count). The van der Waals surface area contributed by atoms with Crippen molar-refractivity contribution in [3.8, 4) is 0 Å². The SMILES string of the molecule is CC(C)[N]/C=C\[N](C(C)C)[Sn]([c]1ccccc1)([c]1ccccc1)[c]1ccccc1. The standard InChI is InChI=1S/C8H16N2.3C6H5.Sn/c1-7(2)9-5-6-10-8(3)4;3*1-2-4-6-5-3-1;/h5-8H,1-4H3;3*1-5H;/q-1;;;;+1/b6-5-;;;;. The normalized spacial score (nSPS) is 11.9. The van der Waals surface area contributed by atoms with Gasteiger partial charge in [-0.2, -0.15) is 0 Å². The number of hydrogen-bond donors (Lipinski definition) is 0. The molecule has 0 saturated carbocycles. The number of rotatable bonds is 8. The average molecular weight is 490 g/mol. The zero-order valence-electron chi connectivity index (χ0n) is 17.9. The third-order valence-corrected chi connectivity index (χ3v) is 19.2. The summed E-state index contributed by atoms with van der Waals surface area (Å²) in [6, 6.07) is 33.9. The monoisotopic (exact) mass is 491 g/mol. The second kappa shape index (κ2) is 10.0. The molecule has 3 aromatic rings. The van der Waals surface area contributed by atoms with Crippen LogP contribution < -0.4 is 16.1 Å². The summed E-state index contributed by atoms with van der Waals surface area (Å²) in [5, 5.41) is 4.65. The molecule has 0 aliphatic heterocycles. The van der Waals surface area contributed by atoms with E-state index >= 15 is 0 Å². The van der Waals surface area contributed by atoms with E-state index in [1.807, 2.05) is 6.20 Å². The summed E-state index contributed by atoms with van der Waals surface area (Å²) in [6.07, 6.45) is 4.25. The van der Waals surface area contributed by atoms with Gasteiger partial charge in [0.1, 0.15) is 0 Å². The van der Waals surface area contributed by atoms with E-state index in [9.17, 15) is 0 Å². The summed E-state index contributed by atoms with van der Waals surface area (Å²) < 4.78 is 6.98. The minimum absolute atomic E-state index is 0.287. The zero-order valence-corrected chi connectivity index (χ0v) is 20.7. The Morgan fingerprint density at radius 2 is 1.03 bits per heavy atom. The molecule has 0 unspecified atom stereocenters. The van der Waals surface area contributed by atoms with Gasteiger partial charge in [-0.15, -0.1) is 0 Å². The van der Waals surface area contributed by atoms with Crippen LogP contribution in [0.3, 0.4) is 0 Å². The predicted octanol–water partition coefficient (Wildman–Crippen LogP) is 3.85. The first kappa shape index (κ1) is 21.5. The molecule has 0 N–H and O–H groups in total. The summed E-state index contributed by atoms with van der Waals surface area (Å²) in [5.74, 6) is 0. The van der Waals surface area contributed by atoms with Crippen molar-refractivity contribution in [1.29, 1.82) is 0 Å². The summed E-state index contributed by atoms with van der Waals surface area (Å²) in [5.41, 5.74) is 0. The van der Waals surface area contributed by atoms with E-state index in [-0.39, 0.29) is 6.04 Å². The van der Waals surface area contributed by atoms with Crippen LogP contribution in [0.2, 0.25) is 0 Å². The van der Waals surface area contributed by atoms with E-state index in [1.54, 1.807) is 0 Å². The first-order valence-electron chi connectivity index (χ1n) is 10.4. The van der Waals surface area contributed by atoms with E-state index in [2.05, 4.69) is 133 Å². The second-order valence-electron chi connectivity index (χ2n) is 7.85. The quantitative estimate of drug-likeness (QED) is 0.439. The third kappa shape index (κ3) is 4.69. The van der Waals surface area contributed by atoms with Crippen LogP contribution >= 0.6 is 0 Å². The Morgan fingerprint density at radius 1 is 0.655 bits per heavy atom. The van der Waals surface area contributed by atoms with Gasteiger partial charge in [0.2, 0.25) is 0 Å². The van der Waals surface area contributed by atoms with Crippen molar-refractivity contribution in [3.05, 3.63) is 103 Å². The van der Waals surface area contributed by atoms with Gasteiger partial charge in [-0.1, -0.05) is 0 Å². The number of benzene rings is 3. The van der Waals surface area contributed by atoms with Crippen molar-refractivity contribution < 1.29 is 0 Å². The van der Waals surface area contributed by atoms with Crippen molar-refractivity contribution >= 4 is 29.4 Å². The van der Waals surface area contributed by atoms with E-state index in [4.69, 9.17) is 0 Å². The van der Waals surface area contributed by atoms with Crippen molar-refractivity contribution in [2.45, 2.75) is 39.8 Å². The van der Waals surface area contributed by atoms with E-state index in [0.717, 1.165) is 0 Å².